The van der Waals surface area contributed by atoms with E-state index in [0.717, 1.165) is 5.56 Å². The number of halogens is 2. The summed E-state index contributed by atoms with van der Waals surface area (Å²) >= 11 is 13.2. The Labute approximate surface area is 130 Å². The molecule has 1 aromatic carbocycles. The fraction of sp³-hybridized carbons (Fsp3) is 0.154. The third kappa shape index (κ3) is 3.10. The molecular formula is C13H9Cl2N3OS. The molecule has 0 saturated carbocycles. The van der Waals surface area contributed by atoms with Gasteiger partial charge in [-0.2, -0.15) is 5.26 Å². The van der Waals surface area contributed by atoms with E-state index in [2.05, 4.69) is 4.98 Å². The third-order valence-electron chi connectivity index (χ3n) is 2.54. The van der Waals surface area contributed by atoms with E-state index in [1.54, 1.807) is 30.6 Å². The number of hydrogen-bond donors (Lipinski definition) is 0. The highest BCUT2D eigenvalue weighted by Gasteiger charge is 2.16. The number of nitrogens with zero attached hydrogens (tertiary/aromatic N) is 3. The molecule has 1 aromatic heterocycles. The third-order valence-corrected chi connectivity index (χ3v) is 4.17. The molecule has 1 heterocycles. The number of aromatic nitrogens is 1. The van der Waals surface area contributed by atoms with Gasteiger partial charge in [-0.1, -0.05) is 29.3 Å². The highest BCUT2D eigenvalue weighted by molar-refractivity contribution is 7.13. The topological polar surface area (TPSA) is 57.0 Å². The van der Waals surface area contributed by atoms with Crippen LogP contribution in [0.2, 0.25) is 10.0 Å². The number of carbonyl (C=O) groups excluding carboxylic acids is 1. The number of benzene rings is 1. The molecule has 0 aliphatic carbocycles. The van der Waals surface area contributed by atoms with Crippen molar-refractivity contribution < 1.29 is 4.79 Å². The van der Waals surface area contributed by atoms with Gasteiger partial charge in [0.2, 0.25) is 0 Å². The lowest BCUT2D eigenvalue weighted by atomic mass is 10.2. The summed E-state index contributed by atoms with van der Waals surface area (Å²) in [5, 5.41) is 11.8. The lowest BCUT2D eigenvalue weighted by molar-refractivity contribution is 0.0807. The first-order chi connectivity index (χ1) is 9.52. The summed E-state index contributed by atoms with van der Waals surface area (Å²) in [6.07, 6.45) is 0. The van der Waals surface area contributed by atoms with Gasteiger partial charge in [-0.3, -0.25) is 4.79 Å². The summed E-state index contributed by atoms with van der Waals surface area (Å²) in [4.78, 5) is 17.6. The number of hydrogen-bond acceptors (Lipinski definition) is 4. The van der Waals surface area contributed by atoms with Gasteiger partial charge in [-0.05, 0) is 12.1 Å². The fourth-order valence-electron chi connectivity index (χ4n) is 1.51. The van der Waals surface area contributed by atoms with E-state index in [0.29, 0.717) is 20.7 Å². The Morgan fingerprint density at radius 2 is 2.20 bits per heavy atom. The van der Waals surface area contributed by atoms with Gasteiger partial charge in [-0.15, -0.1) is 11.3 Å². The van der Waals surface area contributed by atoms with Crippen molar-refractivity contribution in [1.29, 1.82) is 5.26 Å². The van der Waals surface area contributed by atoms with Crippen LogP contribution in [-0.2, 0) is 0 Å². The number of nitriles is 1. The van der Waals surface area contributed by atoms with Crippen molar-refractivity contribution in [1.82, 2.24) is 9.88 Å². The number of carbonyl (C=O) groups is 1. The zero-order valence-corrected chi connectivity index (χ0v) is 12.8. The number of rotatable bonds is 3. The monoisotopic (exact) mass is 325 g/mol. The molecule has 0 unspecified atom stereocenters. The van der Waals surface area contributed by atoms with E-state index in [4.69, 9.17) is 28.5 Å². The Morgan fingerprint density at radius 3 is 2.85 bits per heavy atom. The average Bonchev–Trinajstić information content (AvgIpc) is 2.91. The van der Waals surface area contributed by atoms with Crippen LogP contribution in [0.25, 0.3) is 10.6 Å². The van der Waals surface area contributed by atoms with Crippen LogP contribution >= 0.6 is 34.5 Å². The Balaban J connectivity index is 2.27. The summed E-state index contributed by atoms with van der Waals surface area (Å²) in [7, 11) is 1.56. The van der Waals surface area contributed by atoms with Gasteiger partial charge in [0.1, 0.15) is 17.2 Å². The number of amides is 1. The minimum absolute atomic E-state index is 0.0263. The molecule has 0 radical (unpaired) electrons. The van der Waals surface area contributed by atoms with Crippen LogP contribution in [0.5, 0.6) is 0 Å². The van der Waals surface area contributed by atoms with E-state index < -0.39 is 0 Å². The maximum Gasteiger partial charge on any atom is 0.273 e. The molecule has 0 atom stereocenters. The second-order valence-corrected chi connectivity index (χ2v) is 5.66. The SMILES string of the molecule is CN(CC#N)C(=O)c1csc(-c2ccc(Cl)c(Cl)c2)n1. The first-order valence-corrected chi connectivity index (χ1v) is 7.20. The molecule has 0 aliphatic heterocycles. The van der Waals surface area contributed by atoms with Gasteiger partial charge in [-0.25, -0.2) is 4.98 Å². The Kier molecular flexibility index (Phi) is 4.61. The fourth-order valence-corrected chi connectivity index (χ4v) is 2.60. The van der Waals surface area contributed by atoms with Crippen molar-refractivity contribution in [3.05, 3.63) is 39.3 Å². The molecular weight excluding hydrogens is 317 g/mol. The van der Waals surface area contributed by atoms with Crippen molar-refractivity contribution in [3.8, 4) is 16.6 Å². The molecule has 20 heavy (non-hydrogen) atoms. The maximum absolute atomic E-state index is 12.0. The van der Waals surface area contributed by atoms with Gasteiger partial charge in [0.25, 0.3) is 5.91 Å². The van der Waals surface area contributed by atoms with Crippen molar-refractivity contribution in [2.45, 2.75) is 0 Å². The molecule has 2 aromatic rings. The molecule has 1 amide bonds. The summed E-state index contributed by atoms with van der Waals surface area (Å²) in [5.41, 5.74) is 1.11. The molecule has 7 heteroatoms. The summed E-state index contributed by atoms with van der Waals surface area (Å²) in [6, 6.07) is 7.10. The van der Waals surface area contributed by atoms with Gasteiger partial charge in [0.15, 0.2) is 0 Å². The molecule has 0 fully saturated rings. The van der Waals surface area contributed by atoms with Gasteiger partial charge in [0.05, 0.1) is 16.1 Å². The van der Waals surface area contributed by atoms with Crippen molar-refractivity contribution in [2.75, 3.05) is 13.6 Å². The average molecular weight is 326 g/mol. The Hall–Kier alpha value is -1.61. The normalized spacial score (nSPS) is 10.1. The molecule has 0 saturated heterocycles. The molecule has 0 spiro atoms. The Bertz CT molecular complexity index is 693. The predicted molar refractivity (Wildman–Crippen MR) is 80.1 cm³/mol. The molecule has 4 nitrogen and oxygen atoms in total. The number of thiazole rings is 1. The van der Waals surface area contributed by atoms with Crippen LogP contribution < -0.4 is 0 Å². The van der Waals surface area contributed by atoms with Gasteiger partial charge in [0, 0.05) is 18.0 Å². The standard InChI is InChI=1S/C13H9Cl2N3OS/c1-18(5-4-16)13(19)11-7-20-12(17-11)8-2-3-9(14)10(15)6-8/h2-3,6-7H,5H2,1H3. The minimum Gasteiger partial charge on any atom is -0.327 e. The minimum atomic E-state index is -0.283. The predicted octanol–water partition coefficient (Wildman–Crippen LogP) is 3.71. The Morgan fingerprint density at radius 1 is 1.45 bits per heavy atom. The van der Waals surface area contributed by atoms with E-state index in [1.807, 2.05) is 6.07 Å². The second kappa shape index (κ2) is 6.23. The molecule has 102 valence electrons. The van der Waals surface area contributed by atoms with E-state index in [-0.39, 0.29) is 12.5 Å². The van der Waals surface area contributed by atoms with Crippen molar-refractivity contribution >= 4 is 40.4 Å². The highest BCUT2D eigenvalue weighted by Crippen LogP contribution is 2.30. The summed E-state index contributed by atoms with van der Waals surface area (Å²) < 4.78 is 0. The smallest absolute Gasteiger partial charge is 0.273 e. The first-order valence-electron chi connectivity index (χ1n) is 5.56. The molecule has 0 aliphatic rings. The molecule has 0 bridgehead atoms. The van der Waals surface area contributed by atoms with E-state index >= 15 is 0 Å². The van der Waals surface area contributed by atoms with Crippen LogP contribution in [0, 0.1) is 11.3 Å². The molecule has 0 N–H and O–H groups in total. The van der Waals surface area contributed by atoms with Crippen LogP contribution in [-0.4, -0.2) is 29.4 Å². The van der Waals surface area contributed by atoms with E-state index in [9.17, 15) is 4.79 Å². The van der Waals surface area contributed by atoms with Crippen molar-refractivity contribution in [3.63, 3.8) is 0 Å². The van der Waals surface area contributed by atoms with Crippen LogP contribution in [0.3, 0.4) is 0 Å². The zero-order valence-electron chi connectivity index (χ0n) is 10.4. The largest absolute Gasteiger partial charge is 0.327 e. The highest BCUT2D eigenvalue weighted by atomic mass is 35.5. The lowest BCUT2D eigenvalue weighted by Crippen LogP contribution is -2.27. The van der Waals surface area contributed by atoms with Crippen molar-refractivity contribution in [2.24, 2.45) is 0 Å². The van der Waals surface area contributed by atoms with Gasteiger partial charge < -0.3 is 4.90 Å². The molecule has 2 rings (SSSR count). The lowest BCUT2D eigenvalue weighted by Gasteiger charge is -2.10. The van der Waals surface area contributed by atoms with E-state index in [1.165, 1.54) is 16.2 Å². The first kappa shape index (κ1) is 14.8. The van der Waals surface area contributed by atoms with Crippen LogP contribution in [0.15, 0.2) is 23.6 Å². The van der Waals surface area contributed by atoms with Gasteiger partial charge >= 0.3 is 0 Å². The summed E-state index contributed by atoms with van der Waals surface area (Å²) in [6.45, 7) is 0.0263. The second-order valence-electron chi connectivity index (χ2n) is 3.99. The van der Waals surface area contributed by atoms with Crippen LogP contribution in [0.4, 0.5) is 0 Å². The quantitative estimate of drug-likeness (QED) is 0.808. The maximum atomic E-state index is 12.0. The zero-order chi connectivity index (χ0) is 14.7. The summed E-state index contributed by atoms with van der Waals surface area (Å²) in [5.74, 6) is -0.283. The van der Waals surface area contributed by atoms with Crippen LogP contribution in [0.1, 0.15) is 10.5 Å².